The number of aliphatic hydroxyl groups is 1. The van der Waals surface area contributed by atoms with E-state index in [2.05, 4.69) is 9.88 Å². The minimum absolute atomic E-state index is 0.0652. The van der Waals surface area contributed by atoms with E-state index in [0.29, 0.717) is 55.4 Å². The highest BCUT2D eigenvalue weighted by atomic mass is 16.6. The van der Waals surface area contributed by atoms with Crippen molar-refractivity contribution in [3.63, 3.8) is 0 Å². The number of ether oxygens (including phenoxy) is 1. The van der Waals surface area contributed by atoms with Crippen molar-refractivity contribution in [2.75, 3.05) is 39.4 Å². The van der Waals surface area contributed by atoms with E-state index in [1.54, 1.807) is 29.7 Å². The third-order valence-corrected chi connectivity index (χ3v) is 6.65. The van der Waals surface area contributed by atoms with Gasteiger partial charge in [0.15, 0.2) is 5.76 Å². The molecule has 1 N–H and O–H groups in total. The lowest BCUT2D eigenvalue weighted by Gasteiger charge is -2.31. The Morgan fingerprint density at radius 1 is 1.14 bits per heavy atom. The van der Waals surface area contributed by atoms with E-state index >= 15 is 0 Å². The SMILES string of the molecule is Cc1nc2ccccn2c1/C(O)=C1\C(=O)C(=O)N(CCN2CCOCC2)C1c1ccc([N+](=O)[O-])cc1. The van der Waals surface area contributed by atoms with Gasteiger partial charge in [-0.15, -0.1) is 0 Å². The van der Waals surface area contributed by atoms with Crippen molar-refractivity contribution in [1.29, 1.82) is 0 Å². The number of nitro groups is 1. The molecule has 0 saturated carbocycles. The first kappa shape index (κ1) is 23.6. The minimum Gasteiger partial charge on any atom is -0.505 e. The number of benzene rings is 1. The third kappa shape index (κ3) is 4.12. The number of ketones is 1. The molecular weight excluding hydrogens is 466 g/mol. The average molecular weight is 492 g/mol. The molecule has 0 bridgehead atoms. The maximum atomic E-state index is 13.3. The number of hydrogen-bond acceptors (Lipinski definition) is 8. The van der Waals surface area contributed by atoms with Crippen LogP contribution in [-0.2, 0) is 14.3 Å². The number of carbonyl (C=O) groups is 2. The molecule has 2 aliphatic rings. The zero-order valence-electron chi connectivity index (χ0n) is 19.7. The summed E-state index contributed by atoms with van der Waals surface area (Å²) in [4.78, 5) is 45.3. The summed E-state index contributed by atoms with van der Waals surface area (Å²) in [5.41, 5.74) is 1.73. The number of nitrogens with zero attached hydrogens (tertiary/aromatic N) is 5. The molecule has 11 nitrogen and oxygen atoms in total. The van der Waals surface area contributed by atoms with Gasteiger partial charge in [-0.2, -0.15) is 0 Å². The highest BCUT2D eigenvalue weighted by Gasteiger charge is 2.46. The molecule has 11 heteroatoms. The van der Waals surface area contributed by atoms with Gasteiger partial charge in [-0.3, -0.25) is 29.0 Å². The Morgan fingerprint density at radius 3 is 2.56 bits per heavy atom. The lowest BCUT2D eigenvalue weighted by molar-refractivity contribution is -0.384. The van der Waals surface area contributed by atoms with Crippen molar-refractivity contribution in [3.05, 3.63) is 81.3 Å². The van der Waals surface area contributed by atoms with Gasteiger partial charge in [-0.25, -0.2) is 4.98 Å². The van der Waals surface area contributed by atoms with Crippen LogP contribution in [0.2, 0.25) is 0 Å². The Bertz CT molecular complexity index is 1370. The first-order valence-corrected chi connectivity index (χ1v) is 11.6. The molecule has 4 heterocycles. The molecule has 36 heavy (non-hydrogen) atoms. The van der Waals surface area contributed by atoms with Crippen LogP contribution in [0.15, 0.2) is 54.2 Å². The van der Waals surface area contributed by atoms with Crippen molar-refractivity contribution in [2.45, 2.75) is 13.0 Å². The summed E-state index contributed by atoms with van der Waals surface area (Å²) in [6, 6.07) is 10.2. The Labute approximate surface area is 206 Å². The van der Waals surface area contributed by atoms with Crippen LogP contribution in [0.1, 0.15) is 23.0 Å². The van der Waals surface area contributed by atoms with Crippen molar-refractivity contribution >= 4 is 28.8 Å². The molecule has 5 rings (SSSR count). The second-order valence-electron chi connectivity index (χ2n) is 8.77. The maximum Gasteiger partial charge on any atom is 0.295 e. The summed E-state index contributed by atoms with van der Waals surface area (Å²) in [5.74, 6) is -1.86. The van der Waals surface area contributed by atoms with Crippen molar-refractivity contribution in [1.82, 2.24) is 19.2 Å². The van der Waals surface area contributed by atoms with Gasteiger partial charge in [-0.05, 0) is 36.8 Å². The summed E-state index contributed by atoms with van der Waals surface area (Å²) in [7, 11) is 0. The van der Waals surface area contributed by atoms with E-state index < -0.39 is 22.7 Å². The molecule has 2 saturated heterocycles. The fourth-order valence-corrected chi connectivity index (χ4v) is 4.84. The van der Waals surface area contributed by atoms with Gasteiger partial charge < -0.3 is 14.7 Å². The van der Waals surface area contributed by atoms with Gasteiger partial charge in [0.25, 0.3) is 17.4 Å². The summed E-state index contributed by atoms with van der Waals surface area (Å²) in [6.07, 6.45) is 1.72. The summed E-state index contributed by atoms with van der Waals surface area (Å²) >= 11 is 0. The van der Waals surface area contributed by atoms with Crippen molar-refractivity contribution < 1.29 is 24.4 Å². The number of nitro benzene ring substituents is 1. The Kier molecular flexibility index (Phi) is 6.25. The van der Waals surface area contributed by atoms with Gasteiger partial charge >= 0.3 is 0 Å². The number of carbonyl (C=O) groups excluding carboxylic acids is 2. The molecule has 0 aliphatic carbocycles. The predicted octanol–water partition coefficient (Wildman–Crippen LogP) is 2.30. The van der Waals surface area contributed by atoms with Crippen LogP contribution in [0.5, 0.6) is 0 Å². The van der Waals surface area contributed by atoms with E-state index in [9.17, 15) is 24.8 Å². The number of morpholine rings is 1. The van der Waals surface area contributed by atoms with Gasteiger partial charge in [-0.1, -0.05) is 6.07 Å². The van der Waals surface area contributed by atoms with Crippen LogP contribution in [-0.4, -0.2) is 80.3 Å². The van der Waals surface area contributed by atoms with Crippen LogP contribution >= 0.6 is 0 Å². The van der Waals surface area contributed by atoms with Crippen molar-refractivity contribution in [2.24, 2.45) is 0 Å². The maximum absolute atomic E-state index is 13.3. The molecular formula is C25H25N5O6. The number of imidazole rings is 1. The largest absolute Gasteiger partial charge is 0.505 e. The lowest BCUT2D eigenvalue weighted by atomic mass is 9.96. The molecule has 0 radical (unpaired) electrons. The monoisotopic (exact) mass is 491 g/mol. The number of fused-ring (bicyclic) bond motifs is 1. The van der Waals surface area contributed by atoms with Crippen LogP contribution < -0.4 is 0 Å². The predicted molar refractivity (Wildman–Crippen MR) is 129 cm³/mol. The summed E-state index contributed by atoms with van der Waals surface area (Å²) < 4.78 is 7.05. The number of aromatic nitrogens is 2. The van der Waals surface area contributed by atoms with Crippen LogP contribution in [0, 0.1) is 17.0 Å². The zero-order valence-corrected chi connectivity index (χ0v) is 19.7. The fourth-order valence-electron chi connectivity index (χ4n) is 4.84. The van der Waals surface area contributed by atoms with Crippen molar-refractivity contribution in [3.8, 4) is 0 Å². The van der Waals surface area contributed by atoms with Gasteiger partial charge in [0.05, 0.1) is 35.4 Å². The first-order valence-electron chi connectivity index (χ1n) is 11.6. The smallest absolute Gasteiger partial charge is 0.295 e. The quantitative estimate of drug-likeness (QED) is 0.183. The number of aryl methyl sites for hydroxylation is 1. The number of Topliss-reactive ketones (excluding diaryl/α,β-unsaturated/α-hetero) is 1. The standard InChI is InChI=1S/C25H25N5O6/c1-16-21(28-9-3-2-4-19(28)26-16)23(31)20-22(17-5-7-18(8-6-17)30(34)35)29(25(33)24(20)32)11-10-27-12-14-36-15-13-27/h2-9,22,31H,10-15H2,1H3/b23-20+. The van der Waals surface area contributed by atoms with E-state index in [1.165, 1.54) is 29.2 Å². The summed E-state index contributed by atoms with van der Waals surface area (Å²) in [5, 5.41) is 22.7. The Hall–Kier alpha value is -4.09. The highest BCUT2D eigenvalue weighted by molar-refractivity contribution is 6.46. The van der Waals surface area contributed by atoms with E-state index in [4.69, 9.17) is 4.74 Å². The summed E-state index contributed by atoms with van der Waals surface area (Å²) in [6.45, 7) is 5.11. The molecule has 0 spiro atoms. The minimum atomic E-state index is -0.902. The number of pyridine rings is 1. The fraction of sp³-hybridized carbons (Fsp3) is 0.320. The van der Waals surface area contributed by atoms with Gasteiger partial charge in [0, 0.05) is 44.5 Å². The number of amides is 1. The Morgan fingerprint density at radius 2 is 1.86 bits per heavy atom. The molecule has 1 aromatic carbocycles. The highest BCUT2D eigenvalue weighted by Crippen LogP contribution is 2.40. The van der Waals surface area contributed by atoms with E-state index in [1.807, 2.05) is 6.07 Å². The van der Waals surface area contributed by atoms with Crippen LogP contribution in [0.4, 0.5) is 5.69 Å². The molecule has 1 amide bonds. The molecule has 2 aliphatic heterocycles. The third-order valence-electron chi connectivity index (χ3n) is 6.65. The lowest BCUT2D eigenvalue weighted by Crippen LogP contribution is -2.42. The number of non-ortho nitro benzene ring substituents is 1. The molecule has 2 aromatic heterocycles. The van der Waals surface area contributed by atoms with Gasteiger partial charge in [0.1, 0.15) is 11.3 Å². The van der Waals surface area contributed by atoms with Crippen LogP contribution in [0.3, 0.4) is 0 Å². The molecule has 2 fully saturated rings. The van der Waals surface area contributed by atoms with E-state index in [0.717, 1.165) is 0 Å². The number of likely N-dealkylation sites (tertiary alicyclic amines) is 1. The van der Waals surface area contributed by atoms with E-state index in [-0.39, 0.29) is 23.6 Å². The molecule has 1 atom stereocenters. The zero-order chi connectivity index (χ0) is 25.4. The topological polar surface area (TPSA) is 131 Å². The number of hydrogen-bond donors (Lipinski definition) is 1. The number of aliphatic hydroxyl groups excluding tert-OH is 1. The molecule has 3 aromatic rings. The first-order chi connectivity index (χ1) is 17.4. The normalized spacial score (nSPS) is 20.4. The molecule has 186 valence electrons. The second-order valence-corrected chi connectivity index (χ2v) is 8.77. The number of rotatable bonds is 6. The second kappa shape index (κ2) is 9.51. The van der Waals surface area contributed by atoms with Gasteiger partial charge in [0.2, 0.25) is 0 Å². The Balaban J connectivity index is 1.61. The molecule has 1 unspecified atom stereocenters. The average Bonchev–Trinajstić information content (AvgIpc) is 3.35. The van der Waals surface area contributed by atoms with Crippen LogP contribution in [0.25, 0.3) is 11.4 Å².